The van der Waals surface area contributed by atoms with Gasteiger partial charge in [0.15, 0.2) is 0 Å². The average Bonchev–Trinajstić information content (AvgIpc) is 2.82. The Bertz CT molecular complexity index is 637. The van der Waals surface area contributed by atoms with Crippen molar-refractivity contribution >= 4 is 17.4 Å². The third kappa shape index (κ3) is 2.26. The third-order valence-corrected chi connectivity index (χ3v) is 3.14. The Balaban J connectivity index is 2.32. The molecule has 0 bridgehead atoms. The number of carboxylic acid groups (broad SMARTS) is 1. The first-order chi connectivity index (χ1) is 8.98. The minimum Gasteiger partial charge on any atom is -0.480 e. The molecule has 1 unspecified atom stereocenters. The monoisotopic (exact) mass is 262 g/mol. The second-order valence-corrected chi connectivity index (χ2v) is 4.41. The number of amides is 1. The van der Waals surface area contributed by atoms with Crippen molar-refractivity contribution in [2.75, 3.05) is 0 Å². The van der Waals surface area contributed by atoms with Crippen LogP contribution in [-0.4, -0.2) is 37.1 Å². The van der Waals surface area contributed by atoms with Gasteiger partial charge < -0.3 is 10.4 Å². The summed E-state index contributed by atoms with van der Waals surface area (Å²) in [7, 11) is 0. The van der Waals surface area contributed by atoms with Gasteiger partial charge in [-0.25, -0.2) is 9.31 Å². The molecule has 0 saturated carbocycles. The maximum atomic E-state index is 12.1. The van der Waals surface area contributed by atoms with Crippen molar-refractivity contribution in [3.63, 3.8) is 0 Å². The molecule has 0 radical (unpaired) electrons. The lowest BCUT2D eigenvalue weighted by atomic mass is 9.99. The predicted molar refractivity (Wildman–Crippen MR) is 66.8 cm³/mol. The fourth-order valence-electron chi connectivity index (χ4n) is 1.62. The summed E-state index contributed by atoms with van der Waals surface area (Å²) < 4.78 is 1.51. The lowest BCUT2D eigenvalue weighted by molar-refractivity contribution is -0.143. The van der Waals surface area contributed by atoms with E-state index >= 15 is 0 Å². The maximum absolute atomic E-state index is 12.1. The van der Waals surface area contributed by atoms with Gasteiger partial charge in [0.2, 0.25) is 0 Å². The molecule has 0 aromatic carbocycles. The highest BCUT2D eigenvalue weighted by molar-refractivity contribution is 6.02. The Morgan fingerprint density at radius 2 is 2.21 bits per heavy atom. The minimum absolute atomic E-state index is 0.283. The van der Waals surface area contributed by atoms with E-state index in [9.17, 15) is 9.59 Å². The molecule has 0 saturated heterocycles. The summed E-state index contributed by atoms with van der Waals surface area (Å²) in [6.07, 6.45) is 6.35. The number of nitrogens with one attached hydrogen (secondary N) is 1. The molecule has 0 aliphatic heterocycles. The number of aromatic nitrogens is 3. The number of carbonyl (C=O) groups is 2. The van der Waals surface area contributed by atoms with Crippen molar-refractivity contribution in [3.8, 4) is 0 Å². The first-order valence-corrected chi connectivity index (χ1v) is 5.81. The summed E-state index contributed by atoms with van der Waals surface area (Å²) in [6.45, 7) is 3.17. The van der Waals surface area contributed by atoms with E-state index in [2.05, 4.69) is 15.4 Å². The summed E-state index contributed by atoms with van der Waals surface area (Å²) in [5, 5.41) is 15.7. The van der Waals surface area contributed by atoms with E-state index in [0.717, 1.165) is 0 Å². The normalized spacial score (nSPS) is 14.0. The summed E-state index contributed by atoms with van der Waals surface area (Å²) in [5.41, 5.74) is -0.467. The molecule has 19 heavy (non-hydrogen) atoms. The Kier molecular flexibility index (Phi) is 3.20. The van der Waals surface area contributed by atoms with Crippen molar-refractivity contribution in [1.29, 1.82) is 0 Å². The van der Waals surface area contributed by atoms with Crippen molar-refractivity contribution in [2.24, 2.45) is 0 Å². The van der Waals surface area contributed by atoms with E-state index in [1.54, 1.807) is 19.3 Å². The van der Waals surface area contributed by atoms with Crippen LogP contribution < -0.4 is 5.32 Å². The van der Waals surface area contributed by atoms with Crippen LogP contribution in [0.4, 0.5) is 0 Å². The molecule has 2 N–H and O–H groups in total. The highest BCUT2D eigenvalue weighted by atomic mass is 16.4. The predicted octanol–water partition coefficient (Wildman–Crippen LogP) is 0.712. The van der Waals surface area contributed by atoms with E-state index < -0.39 is 17.4 Å². The van der Waals surface area contributed by atoms with E-state index in [0.29, 0.717) is 11.1 Å². The molecule has 0 spiro atoms. The van der Waals surface area contributed by atoms with Crippen molar-refractivity contribution in [2.45, 2.75) is 25.8 Å². The smallest absolute Gasteiger partial charge is 0.329 e. The SMILES string of the molecule is CCC(C)(NC(=O)c1cnn2ccncc12)C(=O)O. The van der Waals surface area contributed by atoms with Crippen LogP contribution in [0.15, 0.2) is 24.8 Å². The lowest BCUT2D eigenvalue weighted by Crippen LogP contribution is -2.51. The fourth-order valence-corrected chi connectivity index (χ4v) is 1.62. The second-order valence-electron chi connectivity index (χ2n) is 4.41. The highest BCUT2D eigenvalue weighted by Crippen LogP contribution is 2.13. The van der Waals surface area contributed by atoms with Crippen LogP contribution in [0, 0.1) is 0 Å². The summed E-state index contributed by atoms with van der Waals surface area (Å²) in [4.78, 5) is 27.2. The zero-order valence-electron chi connectivity index (χ0n) is 10.6. The highest BCUT2D eigenvalue weighted by Gasteiger charge is 2.33. The van der Waals surface area contributed by atoms with Crippen LogP contribution in [0.3, 0.4) is 0 Å². The first-order valence-electron chi connectivity index (χ1n) is 5.81. The van der Waals surface area contributed by atoms with Gasteiger partial charge in [-0.05, 0) is 13.3 Å². The van der Waals surface area contributed by atoms with Crippen LogP contribution in [0.25, 0.3) is 5.52 Å². The minimum atomic E-state index is -1.30. The summed E-state index contributed by atoms with van der Waals surface area (Å²) in [6, 6.07) is 0. The van der Waals surface area contributed by atoms with E-state index in [4.69, 9.17) is 5.11 Å². The fraction of sp³-hybridized carbons (Fsp3) is 0.333. The number of carbonyl (C=O) groups excluding carboxylic acids is 1. The van der Waals surface area contributed by atoms with Gasteiger partial charge in [0.1, 0.15) is 5.54 Å². The Hall–Kier alpha value is -2.44. The van der Waals surface area contributed by atoms with Crippen LogP contribution in [0.2, 0.25) is 0 Å². The molecule has 1 atom stereocenters. The number of fused-ring (bicyclic) bond motifs is 1. The van der Waals surface area contributed by atoms with E-state index in [1.807, 2.05) is 0 Å². The van der Waals surface area contributed by atoms with Crippen LogP contribution >= 0.6 is 0 Å². The van der Waals surface area contributed by atoms with Gasteiger partial charge in [-0.15, -0.1) is 0 Å². The van der Waals surface area contributed by atoms with Crippen molar-refractivity contribution < 1.29 is 14.7 Å². The van der Waals surface area contributed by atoms with Crippen LogP contribution in [-0.2, 0) is 4.79 Å². The second kappa shape index (κ2) is 4.68. The lowest BCUT2D eigenvalue weighted by Gasteiger charge is -2.24. The number of carboxylic acids is 1. The molecule has 2 aromatic rings. The molecule has 7 nitrogen and oxygen atoms in total. The van der Waals surface area contributed by atoms with Crippen LogP contribution in [0.5, 0.6) is 0 Å². The quantitative estimate of drug-likeness (QED) is 0.846. The summed E-state index contributed by atoms with van der Waals surface area (Å²) >= 11 is 0. The van der Waals surface area contributed by atoms with Crippen molar-refractivity contribution in [3.05, 3.63) is 30.4 Å². The number of hydrogen-bond acceptors (Lipinski definition) is 4. The molecule has 0 fully saturated rings. The van der Waals surface area contributed by atoms with Gasteiger partial charge >= 0.3 is 5.97 Å². The molecule has 2 heterocycles. The molecule has 2 rings (SSSR count). The van der Waals surface area contributed by atoms with Gasteiger partial charge in [-0.1, -0.05) is 6.92 Å². The van der Waals surface area contributed by atoms with Crippen LogP contribution in [0.1, 0.15) is 30.6 Å². The molecular formula is C12H14N4O3. The van der Waals surface area contributed by atoms with Gasteiger partial charge in [-0.3, -0.25) is 9.78 Å². The molecule has 0 aliphatic carbocycles. The number of aliphatic carboxylic acids is 1. The molecule has 2 aromatic heterocycles. The molecule has 100 valence electrons. The molecule has 7 heteroatoms. The Morgan fingerprint density at radius 1 is 1.47 bits per heavy atom. The zero-order valence-corrected chi connectivity index (χ0v) is 10.6. The van der Waals surface area contributed by atoms with Gasteiger partial charge in [0.25, 0.3) is 5.91 Å². The molecular weight excluding hydrogens is 248 g/mol. The Morgan fingerprint density at radius 3 is 2.84 bits per heavy atom. The number of nitrogens with zero attached hydrogens (tertiary/aromatic N) is 3. The third-order valence-electron chi connectivity index (χ3n) is 3.14. The number of hydrogen-bond donors (Lipinski definition) is 2. The zero-order chi connectivity index (χ0) is 14.0. The largest absolute Gasteiger partial charge is 0.480 e. The van der Waals surface area contributed by atoms with Crippen molar-refractivity contribution in [1.82, 2.24) is 19.9 Å². The number of rotatable bonds is 4. The van der Waals surface area contributed by atoms with Gasteiger partial charge in [0.05, 0.1) is 23.5 Å². The van der Waals surface area contributed by atoms with Gasteiger partial charge in [-0.2, -0.15) is 5.10 Å². The first kappa shape index (κ1) is 13.0. The molecule has 0 aliphatic rings. The van der Waals surface area contributed by atoms with E-state index in [-0.39, 0.29) is 6.42 Å². The molecule has 1 amide bonds. The van der Waals surface area contributed by atoms with E-state index in [1.165, 1.54) is 23.8 Å². The summed E-state index contributed by atoms with van der Waals surface area (Å²) in [5.74, 6) is -1.55. The standard InChI is InChI=1S/C12H14N4O3/c1-3-12(2,11(18)19)15-10(17)8-6-14-16-5-4-13-7-9(8)16/h4-7H,3H2,1-2H3,(H,15,17)(H,18,19). The van der Waals surface area contributed by atoms with Gasteiger partial charge in [0, 0.05) is 12.4 Å². The average molecular weight is 262 g/mol. The maximum Gasteiger partial charge on any atom is 0.329 e. The topological polar surface area (TPSA) is 96.6 Å². The Labute approximate surface area is 109 Å².